The van der Waals surface area contributed by atoms with Gasteiger partial charge < -0.3 is 34.3 Å². The smallest absolute Gasteiger partial charge is 0.270 e. The standard InChI is InChI=1S/C25H22IN5O6S/c26-37-17-9-3-14(4-10-17)12-29-24(34)21(15-5-7-16(32)8-6-15)31(13-18-2-1-11-36-18)25(35)22-19(27)20(23(28)33)30-38-22/h1-11,21,32H,12-13,27H2,(H2,28,33)(H,29,34). The summed E-state index contributed by atoms with van der Waals surface area (Å²) in [7, 11) is 0. The van der Waals surface area contributed by atoms with E-state index in [9.17, 15) is 19.5 Å². The molecule has 0 bridgehead atoms. The van der Waals surface area contributed by atoms with E-state index in [0.717, 1.165) is 5.56 Å². The number of hydrogen-bond acceptors (Lipinski definition) is 9. The maximum absolute atomic E-state index is 13.8. The molecule has 0 radical (unpaired) electrons. The lowest BCUT2D eigenvalue weighted by atomic mass is 10.0. The molecule has 11 nitrogen and oxygen atoms in total. The summed E-state index contributed by atoms with van der Waals surface area (Å²) in [5.74, 6) is -0.962. The molecule has 6 N–H and O–H groups in total. The summed E-state index contributed by atoms with van der Waals surface area (Å²) in [6.07, 6.45) is 1.45. The third-order valence-corrected chi connectivity index (χ3v) is 6.93. The molecule has 2 aromatic carbocycles. The number of aromatic nitrogens is 1. The maximum atomic E-state index is 13.8. The van der Waals surface area contributed by atoms with Gasteiger partial charge in [-0.2, -0.15) is 4.37 Å². The largest absolute Gasteiger partial charge is 0.508 e. The van der Waals surface area contributed by atoms with Crippen LogP contribution in [0.1, 0.15) is 43.1 Å². The van der Waals surface area contributed by atoms with Gasteiger partial charge in [-0.3, -0.25) is 14.4 Å². The Kier molecular flexibility index (Phi) is 8.48. The number of nitrogen functional groups attached to an aromatic ring is 1. The number of carbonyl (C=O) groups is 3. The molecular formula is C25H22IN5O6S. The number of nitrogens with zero attached hydrogens (tertiary/aromatic N) is 2. The molecule has 1 atom stereocenters. The molecule has 4 rings (SSSR count). The van der Waals surface area contributed by atoms with Gasteiger partial charge >= 0.3 is 0 Å². The number of furan rings is 1. The third-order valence-electron chi connectivity index (χ3n) is 5.57. The molecular weight excluding hydrogens is 625 g/mol. The van der Waals surface area contributed by atoms with Crippen LogP contribution in [0.15, 0.2) is 71.3 Å². The van der Waals surface area contributed by atoms with Gasteiger partial charge in [0.15, 0.2) is 28.7 Å². The normalized spacial score (nSPS) is 11.5. The second kappa shape index (κ2) is 12.0. The third kappa shape index (κ3) is 6.06. The highest BCUT2D eigenvalue weighted by atomic mass is 127. The lowest BCUT2D eigenvalue weighted by Gasteiger charge is -2.30. The second-order valence-electron chi connectivity index (χ2n) is 8.08. The Morgan fingerprint density at radius 3 is 2.42 bits per heavy atom. The predicted octanol–water partition coefficient (Wildman–Crippen LogP) is 3.55. The highest BCUT2D eigenvalue weighted by Gasteiger charge is 2.35. The van der Waals surface area contributed by atoms with Crippen LogP contribution in [0.3, 0.4) is 0 Å². The molecule has 1 unspecified atom stereocenters. The Morgan fingerprint density at radius 2 is 1.84 bits per heavy atom. The van der Waals surface area contributed by atoms with Gasteiger partial charge in [0, 0.05) is 6.54 Å². The number of rotatable bonds is 10. The van der Waals surface area contributed by atoms with Crippen molar-refractivity contribution < 1.29 is 27.0 Å². The number of anilines is 1. The molecule has 196 valence electrons. The Morgan fingerprint density at radius 1 is 1.13 bits per heavy atom. The van der Waals surface area contributed by atoms with Gasteiger partial charge in [0.2, 0.25) is 5.91 Å². The Balaban J connectivity index is 1.72. The molecule has 2 aromatic heterocycles. The molecule has 4 aromatic rings. The molecule has 38 heavy (non-hydrogen) atoms. The van der Waals surface area contributed by atoms with Crippen LogP contribution in [0.5, 0.6) is 11.5 Å². The molecule has 0 aliphatic heterocycles. The van der Waals surface area contributed by atoms with Gasteiger partial charge in [-0.05, 0) is 59.1 Å². The summed E-state index contributed by atoms with van der Waals surface area (Å²) in [6.45, 7) is 0.0714. The molecule has 2 heterocycles. The molecule has 0 saturated carbocycles. The van der Waals surface area contributed by atoms with Crippen molar-refractivity contribution in [1.82, 2.24) is 14.6 Å². The summed E-state index contributed by atoms with van der Waals surface area (Å²) in [6, 6.07) is 15.2. The SMILES string of the molecule is NC(=O)c1nsc(C(=O)N(Cc2ccco2)C(C(=O)NCc2ccc(OI)cc2)c2ccc(O)cc2)c1N. The van der Waals surface area contributed by atoms with Crippen LogP contribution >= 0.6 is 34.5 Å². The van der Waals surface area contributed by atoms with Gasteiger partial charge in [0.05, 0.1) is 18.5 Å². The number of aromatic hydroxyl groups is 1. The van der Waals surface area contributed by atoms with E-state index in [1.165, 1.54) is 23.3 Å². The Bertz CT molecular complexity index is 1420. The number of phenolic OH excluding ortho intramolecular Hbond substituents is 1. The lowest BCUT2D eigenvalue weighted by molar-refractivity contribution is -0.126. The summed E-state index contributed by atoms with van der Waals surface area (Å²) < 4.78 is 14.5. The number of benzene rings is 2. The minimum Gasteiger partial charge on any atom is -0.508 e. The Hall–Kier alpha value is -4.11. The quantitative estimate of drug-likeness (QED) is 0.189. The maximum Gasteiger partial charge on any atom is 0.270 e. The van der Waals surface area contributed by atoms with Gasteiger partial charge in [0.25, 0.3) is 11.8 Å². The van der Waals surface area contributed by atoms with Gasteiger partial charge in [-0.15, -0.1) is 0 Å². The van der Waals surface area contributed by atoms with Crippen LogP contribution in [0.2, 0.25) is 0 Å². The van der Waals surface area contributed by atoms with E-state index in [2.05, 4.69) is 9.69 Å². The minimum atomic E-state index is -1.16. The van der Waals surface area contributed by atoms with Crippen molar-refractivity contribution in [2.24, 2.45) is 5.73 Å². The van der Waals surface area contributed by atoms with Crippen molar-refractivity contribution in [3.05, 3.63) is 94.4 Å². The number of nitrogens with one attached hydrogen (secondary N) is 1. The monoisotopic (exact) mass is 647 g/mol. The van der Waals surface area contributed by atoms with Crippen molar-refractivity contribution >= 4 is 57.9 Å². The summed E-state index contributed by atoms with van der Waals surface area (Å²) in [5, 5.41) is 12.7. The first-order valence-electron chi connectivity index (χ1n) is 11.1. The molecule has 13 heteroatoms. The van der Waals surface area contributed by atoms with Gasteiger partial charge in [0.1, 0.15) is 28.2 Å². The molecule has 0 aliphatic carbocycles. The van der Waals surface area contributed by atoms with Gasteiger partial charge in [-0.25, -0.2) is 0 Å². The fourth-order valence-corrected chi connectivity index (χ4v) is 4.74. The highest BCUT2D eigenvalue weighted by molar-refractivity contribution is 14.1. The van der Waals surface area contributed by atoms with Crippen LogP contribution in [0.4, 0.5) is 5.69 Å². The first-order chi connectivity index (χ1) is 18.3. The second-order valence-corrected chi connectivity index (χ2v) is 9.30. The van der Waals surface area contributed by atoms with Crippen LogP contribution in [0, 0.1) is 0 Å². The molecule has 0 fully saturated rings. The van der Waals surface area contributed by atoms with E-state index in [1.807, 2.05) is 0 Å². The van der Waals surface area contributed by atoms with E-state index < -0.39 is 23.8 Å². The van der Waals surface area contributed by atoms with Crippen LogP contribution < -0.4 is 19.9 Å². The average Bonchev–Trinajstić information content (AvgIpc) is 3.57. The zero-order valence-corrected chi connectivity index (χ0v) is 22.6. The number of carbonyl (C=O) groups excluding carboxylic acids is 3. The number of phenols is 1. The fraction of sp³-hybridized carbons (Fsp3) is 0.120. The summed E-state index contributed by atoms with van der Waals surface area (Å²) in [5.41, 5.74) is 12.2. The van der Waals surface area contributed by atoms with E-state index in [-0.39, 0.29) is 35.1 Å². The number of primary amides is 1. The fourth-order valence-electron chi connectivity index (χ4n) is 3.68. The molecule has 3 amide bonds. The van der Waals surface area contributed by atoms with E-state index in [4.69, 9.17) is 19.0 Å². The zero-order chi connectivity index (χ0) is 27.2. The van der Waals surface area contributed by atoms with Crippen molar-refractivity contribution in [3.63, 3.8) is 0 Å². The minimum absolute atomic E-state index is 0.00723. The highest BCUT2D eigenvalue weighted by Crippen LogP contribution is 2.31. The van der Waals surface area contributed by atoms with Crippen LogP contribution in [-0.4, -0.2) is 32.1 Å². The van der Waals surface area contributed by atoms with E-state index >= 15 is 0 Å². The topological polar surface area (TPSA) is 174 Å². The summed E-state index contributed by atoms with van der Waals surface area (Å²) >= 11 is 2.49. The lowest BCUT2D eigenvalue weighted by Crippen LogP contribution is -2.43. The number of amides is 3. The van der Waals surface area contributed by atoms with Crippen molar-refractivity contribution in [2.45, 2.75) is 19.1 Å². The first kappa shape index (κ1) is 26.9. The van der Waals surface area contributed by atoms with Crippen molar-refractivity contribution in [2.75, 3.05) is 5.73 Å². The number of nitrogens with two attached hydrogens (primary N) is 2. The first-order valence-corrected chi connectivity index (χ1v) is 12.8. The van der Waals surface area contributed by atoms with Crippen molar-refractivity contribution in [1.29, 1.82) is 0 Å². The van der Waals surface area contributed by atoms with Crippen molar-refractivity contribution in [3.8, 4) is 11.5 Å². The molecule has 0 spiro atoms. The van der Waals surface area contributed by atoms with Crippen LogP contribution in [-0.2, 0) is 17.9 Å². The molecule has 0 aliphatic rings. The number of hydrogen-bond donors (Lipinski definition) is 4. The van der Waals surface area contributed by atoms with E-state index in [0.29, 0.717) is 28.6 Å². The Labute approximate surface area is 235 Å². The van der Waals surface area contributed by atoms with Gasteiger partial charge in [-0.1, -0.05) is 24.3 Å². The van der Waals surface area contributed by atoms with E-state index in [1.54, 1.807) is 71.5 Å². The van der Waals surface area contributed by atoms with Crippen LogP contribution in [0.25, 0.3) is 0 Å². The molecule has 0 saturated heterocycles. The number of halogens is 1. The average molecular weight is 647 g/mol. The zero-order valence-electron chi connectivity index (χ0n) is 19.7. The predicted molar refractivity (Wildman–Crippen MR) is 147 cm³/mol. The summed E-state index contributed by atoms with van der Waals surface area (Å²) in [4.78, 5) is 40.4.